The molecule has 0 aromatic heterocycles. The summed E-state index contributed by atoms with van der Waals surface area (Å²) >= 11 is 0. The quantitative estimate of drug-likeness (QED) is 0.576. The van der Waals surface area contributed by atoms with Crippen LogP contribution in [0.2, 0.25) is 0 Å². The number of carbonyl (C=O) groups excluding carboxylic acids is 1. The highest BCUT2D eigenvalue weighted by Crippen LogP contribution is 2.40. The van der Waals surface area contributed by atoms with Gasteiger partial charge in [0.05, 0.1) is 12.7 Å². The van der Waals surface area contributed by atoms with Gasteiger partial charge in [-0.05, 0) is 18.3 Å². The number of ketones is 1. The number of rotatable bonds is 5. The normalized spacial score (nSPS) is 45.2. The van der Waals surface area contributed by atoms with Gasteiger partial charge in [-0.15, -0.1) is 0 Å². The number of aliphatic hydroxyl groups excluding tert-OH is 4. The average molecular weight is 330 g/mol. The van der Waals surface area contributed by atoms with E-state index in [1.807, 2.05) is 0 Å². The van der Waals surface area contributed by atoms with Crippen molar-refractivity contribution in [2.75, 3.05) is 6.61 Å². The Balaban J connectivity index is 2.14. The summed E-state index contributed by atoms with van der Waals surface area (Å²) in [5.74, 6) is 0.334. The van der Waals surface area contributed by atoms with Crippen molar-refractivity contribution in [1.29, 1.82) is 0 Å². The number of aliphatic hydroxyl groups is 4. The lowest BCUT2D eigenvalue weighted by Gasteiger charge is -2.45. The van der Waals surface area contributed by atoms with Crippen LogP contribution in [0.3, 0.4) is 0 Å². The molecule has 8 atom stereocenters. The molecular weight excluding hydrogens is 300 g/mol. The highest BCUT2D eigenvalue weighted by Gasteiger charge is 2.50. The fraction of sp³-hybridized carbons (Fsp3) is 0.941. The number of carbonyl (C=O) groups is 1. The zero-order chi connectivity index (χ0) is 17.1. The first kappa shape index (κ1) is 18.8. The Morgan fingerprint density at radius 1 is 1.09 bits per heavy atom. The minimum absolute atomic E-state index is 0.0532. The van der Waals surface area contributed by atoms with Gasteiger partial charge in [-0.1, -0.05) is 33.1 Å². The Morgan fingerprint density at radius 2 is 1.78 bits per heavy atom. The van der Waals surface area contributed by atoms with Gasteiger partial charge in [-0.25, -0.2) is 0 Å². The van der Waals surface area contributed by atoms with E-state index in [1.165, 1.54) is 0 Å². The second-order valence-electron chi connectivity index (χ2n) is 7.02. The molecule has 0 radical (unpaired) electrons. The number of hydrogen-bond acceptors (Lipinski definition) is 6. The summed E-state index contributed by atoms with van der Waals surface area (Å²) in [7, 11) is 0. The van der Waals surface area contributed by atoms with Crippen LogP contribution in [0.25, 0.3) is 0 Å². The zero-order valence-electron chi connectivity index (χ0n) is 14.0. The van der Waals surface area contributed by atoms with E-state index in [-0.39, 0.29) is 5.78 Å². The summed E-state index contributed by atoms with van der Waals surface area (Å²) in [6, 6.07) is 0. The van der Waals surface area contributed by atoms with Gasteiger partial charge in [-0.3, -0.25) is 4.79 Å². The maximum atomic E-state index is 12.6. The first-order valence-corrected chi connectivity index (χ1v) is 8.77. The van der Waals surface area contributed by atoms with Crippen LogP contribution in [-0.4, -0.2) is 63.3 Å². The van der Waals surface area contributed by atoms with E-state index < -0.39 is 43.0 Å². The molecule has 0 bridgehead atoms. The monoisotopic (exact) mass is 330 g/mol. The van der Waals surface area contributed by atoms with Crippen LogP contribution < -0.4 is 0 Å². The molecule has 6 heteroatoms. The van der Waals surface area contributed by atoms with Crippen molar-refractivity contribution < 1.29 is 30.0 Å². The molecule has 6 nitrogen and oxygen atoms in total. The zero-order valence-corrected chi connectivity index (χ0v) is 14.0. The van der Waals surface area contributed by atoms with Crippen molar-refractivity contribution in [3.05, 3.63) is 0 Å². The fourth-order valence-corrected chi connectivity index (χ4v) is 4.22. The molecule has 5 unspecified atom stereocenters. The Hall–Kier alpha value is -0.530. The molecule has 1 aliphatic carbocycles. The van der Waals surface area contributed by atoms with Gasteiger partial charge in [0.25, 0.3) is 0 Å². The minimum atomic E-state index is -1.41. The first-order valence-electron chi connectivity index (χ1n) is 8.77. The third-order valence-corrected chi connectivity index (χ3v) is 5.61. The molecule has 2 fully saturated rings. The van der Waals surface area contributed by atoms with Crippen LogP contribution in [-0.2, 0) is 9.53 Å². The van der Waals surface area contributed by atoms with E-state index in [9.17, 15) is 25.2 Å². The molecule has 0 aromatic rings. The lowest BCUT2D eigenvalue weighted by molar-refractivity contribution is -0.242. The maximum Gasteiger partial charge on any atom is 0.138 e. The molecule has 2 rings (SSSR count). The number of Topliss-reactive ketones (excluding diaryl/α,β-unsaturated/α-hetero) is 1. The SMILES string of the molecule is CCC[C@@H]1CC(=O)[C@@H](C2OC(CO)C(O)C(O)C2O)C[C@H]1CC. The highest BCUT2D eigenvalue weighted by molar-refractivity contribution is 5.82. The van der Waals surface area contributed by atoms with Crippen LogP contribution in [0.15, 0.2) is 0 Å². The second kappa shape index (κ2) is 8.03. The summed E-state index contributed by atoms with van der Waals surface area (Å²) in [6.07, 6.45) is -1.78. The molecule has 4 N–H and O–H groups in total. The van der Waals surface area contributed by atoms with Crippen molar-refractivity contribution in [1.82, 2.24) is 0 Å². The molecule has 1 saturated heterocycles. The Labute approximate surface area is 137 Å². The Bertz CT molecular complexity index is 399. The number of ether oxygens (including phenoxy) is 1. The van der Waals surface area contributed by atoms with Crippen LogP contribution in [0.5, 0.6) is 0 Å². The van der Waals surface area contributed by atoms with E-state index in [1.54, 1.807) is 0 Å². The third kappa shape index (κ3) is 3.77. The summed E-state index contributed by atoms with van der Waals surface area (Å²) in [5.41, 5.74) is 0. The van der Waals surface area contributed by atoms with Gasteiger partial charge in [0.15, 0.2) is 0 Å². The Kier molecular flexibility index (Phi) is 6.57. The summed E-state index contributed by atoms with van der Waals surface area (Å²) in [4.78, 5) is 12.6. The van der Waals surface area contributed by atoms with E-state index >= 15 is 0 Å². The highest BCUT2D eigenvalue weighted by atomic mass is 16.5. The van der Waals surface area contributed by atoms with Crippen molar-refractivity contribution in [2.45, 2.75) is 76.5 Å². The van der Waals surface area contributed by atoms with Gasteiger partial charge in [0.1, 0.15) is 30.2 Å². The summed E-state index contributed by atoms with van der Waals surface area (Å²) in [6.45, 7) is 3.76. The van der Waals surface area contributed by atoms with Crippen molar-refractivity contribution in [3.63, 3.8) is 0 Å². The molecule has 1 saturated carbocycles. The first-order chi connectivity index (χ1) is 10.9. The largest absolute Gasteiger partial charge is 0.394 e. The molecule has 134 valence electrons. The van der Waals surface area contributed by atoms with Crippen molar-refractivity contribution in [3.8, 4) is 0 Å². The van der Waals surface area contributed by atoms with E-state index in [0.717, 1.165) is 19.3 Å². The Morgan fingerprint density at radius 3 is 2.35 bits per heavy atom. The van der Waals surface area contributed by atoms with Crippen molar-refractivity contribution in [2.24, 2.45) is 17.8 Å². The second-order valence-corrected chi connectivity index (χ2v) is 7.02. The van der Waals surface area contributed by atoms with E-state index in [4.69, 9.17) is 4.74 Å². The van der Waals surface area contributed by atoms with Crippen LogP contribution in [0.1, 0.15) is 46.0 Å². The van der Waals surface area contributed by atoms with Crippen LogP contribution in [0, 0.1) is 17.8 Å². The van der Waals surface area contributed by atoms with Crippen molar-refractivity contribution >= 4 is 5.78 Å². The predicted molar refractivity (Wildman–Crippen MR) is 83.7 cm³/mol. The summed E-state index contributed by atoms with van der Waals surface area (Å²) in [5, 5.41) is 39.4. The molecule has 0 aromatic carbocycles. The topological polar surface area (TPSA) is 107 Å². The average Bonchev–Trinajstić information content (AvgIpc) is 2.54. The van der Waals surface area contributed by atoms with Crippen LogP contribution in [0.4, 0.5) is 0 Å². The fourth-order valence-electron chi connectivity index (χ4n) is 4.22. The van der Waals surface area contributed by atoms with Crippen LogP contribution >= 0.6 is 0 Å². The molecule has 0 spiro atoms. The standard InChI is InChI=1S/C17H30O6/c1-3-5-10-7-12(19)11(6-9(10)4-2)17-16(22)15(21)14(20)13(8-18)23-17/h9-11,13-18,20-22H,3-8H2,1-2H3/t9-,10-,11+,13?,14?,15?,16?,17?/m1/s1. The minimum Gasteiger partial charge on any atom is -0.394 e. The lowest BCUT2D eigenvalue weighted by Crippen LogP contribution is -2.61. The molecule has 1 heterocycles. The number of hydrogen-bond donors (Lipinski definition) is 4. The van der Waals surface area contributed by atoms with E-state index in [2.05, 4.69) is 13.8 Å². The van der Waals surface area contributed by atoms with Gasteiger partial charge < -0.3 is 25.2 Å². The lowest BCUT2D eigenvalue weighted by atomic mass is 9.67. The smallest absolute Gasteiger partial charge is 0.138 e. The molecule has 0 amide bonds. The maximum absolute atomic E-state index is 12.6. The molecular formula is C17H30O6. The third-order valence-electron chi connectivity index (χ3n) is 5.61. The molecule has 23 heavy (non-hydrogen) atoms. The van der Waals surface area contributed by atoms with Gasteiger partial charge in [0, 0.05) is 12.3 Å². The van der Waals surface area contributed by atoms with Gasteiger partial charge in [-0.2, -0.15) is 0 Å². The predicted octanol–water partition coefficient (Wildman–Crippen LogP) is 0.250. The van der Waals surface area contributed by atoms with Gasteiger partial charge >= 0.3 is 0 Å². The molecule has 2 aliphatic rings. The van der Waals surface area contributed by atoms with Gasteiger partial charge in [0.2, 0.25) is 0 Å². The molecule has 1 aliphatic heterocycles. The van der Waals surface area contributed by atoms with E-state index in [0.29, 0.717) is 24.7 Å². The summed E-state index contributed by atoms with van der Waals surface area (Å²) < 4.78 is 5.60.